The van der Waals surface area contributed by atoms with Gasteiger partial charge in [-0.05, 0) is 50.0 Å². The summed E-state index contributed by atoms with van der Waals surface area (Å²) in [5.74, 6) is 0.222. The molecule has 27 heavy (non-hydrogen) atoms. The van der Waals surface area contributed by atoms with Crippen LogP contribution in [0.2, 0.25) is 0 Å². The third-order valence-electron chi connectivity index (χ3n) is 7.09. The molecule has 0 radical (unpaired) electrons. The normalized spacial score (nSPS) is 29.8. The standard InChI is InChI=1S/C20H34N4O3/c1-4-19(2,3)15-6-8-20(9-7-15)17(26)24(18(27)22-20)14-16(25)23-12-5-10-21-11-13-23/h15,21H,4-14H2,1-3H3,(H,22,27). The number of carbonyl (C=O) groups excluding carboxylic acids is 3. The van der Waals surface area contributed by atoms with Crippen LogP contribution in [-0.2, 0) is 9.59 Å². The molecule has 152 valence electrons. The lowest BCUT2D eigenvalue weighted by molar-refractivity contribution is -0.139. The van der Waals surface area contributed by atoms with Crippen LogP contribution >= 0.6 is 0 Å². The van der Waals surface area contributed by atoms with Gasteiger partial charge in [0.1, 0.15) is 12.1 Å². The molecule has 0 aromatic heterocycles. The maximum Gasteiger partial charge on any atom is 0.325 e. The van der Waals surface area contributed by atoms with E-state index >= 15 is 0 Å². The number of nitrogens with zero attached hydrogens (tertiary/aromatic N) is 2. The molecule has 7 heteroatoms. The summed E-state index contributed by atoms with van der Waals surface area (Å²) in [5, 5.41) is 6.19. The number of imide groups is 1. The highest BCUT2D eigenvalue weighted by molar-refractivity contribution is 6.09. The van der Waals surface area contributed by atoms with Crippen LogP contribution in [0.4, 0.5) is 4.79 Å². The SMILES string of the molecule is CCC(C)(C)C1CCC2(CC1)NC(=O)N(CC(=O)N1CCCNCC1)C2=O. The fraction of sp³-hybridized carbons (Fsp3) is 0.850. The number of rotatable bonds is 4. The molecule has 3 rings (SSSR count). The van der Waals surface area contributed by atoms with E-state index in [1.165, 1.54) is 0 Å². The van der Waals surface area contributed by atoms with Gasteiger partial charge in [-0.1, -0.05) is 27.2 Å². The minimum atomic E-state index is -0.794. The van der Waals surface area contributed by atoms with Crippen molar-refractivity contribution in [2.75, 3.05) is 32.7 Å². The van der Waals surface area contributed by atoms with Crippen LogP contribution in [0.25, 0.3) is 0 Å². The summed E-state index contributed by atoms with van der Waals surface area (Å²) in [6, 6.07) is -0.408. The first kappa shape index (κ1) is 20.1. The van der Waals surface area contributed by atoms with Crippen molar-refractivity contribution in [3.63, 3.8) is 0 Å². The van der Waals surface area contributed by atoms with E-state index in [1.54, 1.807) is 4.90 Å². The van der Waals surface area contributed by atoms with Crippen molar-refractivity contribution in [2.24, 2.45) is 11.3 Å². The topological polar surface area (TPSA) is 81.8 Å². The molecule has 3 aliphatic rings. The number of nitrogens with one attached hydrogen (secondary N) is 2. The Morgan fingerprint density at radius 1 is 1.19 bits per heavy atom. The summed E-state index contributed by atoms with van der Waals surface area (Å²) in [7, 11) is 0. The van der Waals surface area contributed by atoms with Crippen molar-refractivity contribution in [3.8, 4) is 0 Å². The van der Waals surface area contributed by atoms with Crippen molar-refractivity contribution in [1.29, 1.82) is 0 Å². The van der Waals surface area contributed by atoms with E-state index in [4.69, 9.17) is 0 Å². The molecular formula is C20H34N4O3. The Bertz CT molecular complexity index is 588. The summed E-state index contributed by atoms with van der Waals surface area (Å²) in [6.07, 6.45) is 5.22. The zero-order valence-electron chi connectivity index (χ0n) is 17.0. The van der Waals surface area contributed by atoms with Gasteiger partial charge in [0, 0.05) is 19.6 Å². The average Bonchev–Trinajstić information content (AvgIpc) is 2.86. The molecular weight excluding hydrogens is 344 g/mol. The average molecular weight is 379 g/mol. The van der Waals surface area contributed by atoms with Gasteiger partial charge in [-0.15, -0.1) is 0 Å². The van der Waals surface area contributed by atoms with Crippen LogP contribution in [-0.4, -0.2) is 65.9 Å². The predicted molar refractivity (Wildman–Crippen MR) is 103 cm³/mol. The molecule has 2 heterocycles. The Labute approximate surface area is 162 Å². The zero-order valence-corrected chi connectivity index (χ0v) is 17.0. The Kier molecular flexibility index (Phi) is 5.79. The molecule has 1 saturated carbocycles. The first-order valence-corrected chi connectivity index (χ1v) is 10.4. The quantitative estimate of drug-likeness (QED) is 0.730. The third-order valence-corrected chi connectivity index (χ3v) is 7.09. The Balaban J connectivity index is 1.62. The summed E-state index contributed by atoms with van der Waals surface area (Å²) < 4.78 is 0. The van der Waals surface area contributed by atoms with Crippen molar-refractivity contribution < 1.29 is 14.4 Å². The number of hydrogen-bond acceptors (Lipinski definition) is 4. The summed E-state index contributed by atoms with van der Waals surface area (Å²) in [4.78, 5) is 41.1. The molecule has 0 bridgehead atoms. The second-order valence-electron chi connectivity index (χ2n) is 9.00. The third kappa shape index (κ3) is 3.98. The Hall–Kier alpha value is -1.63. The van der Waals surface area contributed by atoms with Gasteiger partial charge in [-0.2, -0.15) is 0 Å². The van der Waals surface area contributed by atoms with E-state index in [0.29, 0.717) is 31.8 Å². The molecule has 3 fully saturated rings. The zero-order chi connectivity index (χ0) is 19.7. The largest absolute Gasteiger partial charge is 0.340 e. The minimum absolute atomic E-state index is 0.139. The minimum Gasteiger partial charge on any atom is -0.340 e. The van der Waals surface area contributed by atoms with Crippen molar-refractivity contribution in [1.82, 2.24) is 20.4 Å². The van der Waals surface area contributed by atoms with Crippen molar-refractivity contribution in [3.05, 3.63) is 0 Å². The highest BCUT2D eigenvalue weighted by Crippen LogP contribution is 2.45. The van der Waals surface area contributed by atoms with Gasteiger partial charge in [0.2, 0.25) is 5.91 Å². The van der Waals surface area contributed by atoms with Crippen LogP contribution in [0.3, 0.4) is 0 Å². The van der Waals surface area contributed by atoms with Crippen LogP contribution in [0.1, 0.15) is 59.3 Å². The molecule has 1 spiro atoms. The molecule has 4 amide bonds. The van der Waals surface area contributed by atoms with Gasteiger partial charge in [0.05, 0.1) is 0 Å². The summed E-state index contributed by atoms with van der Waals surface area (Å²) in [6.45, 7) is 9.58. The van der Waals surface area contributed by atoms with Gasteiger partial charge >= 0.3 is 6.03 Å². The number of amides is 4. The molecule has 2 aliphatic heterocycles. The lowest BCUT2D eigenvalue weighted by Crippen LogP contribution is -2.51. The first-order valence-electron chi connectivity index (χ1n) is 10.4. The van der Waals surface area contributed by atoms with E-state index in [0.717, 1.165) is 43.7 Å². The van der Waals surface area contributed by atoms with Crippen LogP contribution in [0, 0.1) is 11.3 Å². The molecule has 0 aromatic rings. The van der Waals surface area contributed by atoms with Crippen LogP contribution in [0.5, 0.6) is 0 Å². The fourth-order valence-electron chi connectivity index (χ4n) is 4.67. The van der Waals surface area contributed by atoms with Gasteiger partial charge < -0.3 is 15.5 Å². The van der Waals surface area contributed by atoms with Gasteiger partial charge in [0.15, 0.2) is 0 Å². The van der Waals surface area contributed by atoms with E-state index < -0.39 is 11.6 Å². The molecule has 2 N–H and O–H groups in total. The van der Waals surface area contributed by atoms with E-state index in [2.05, 4.69) is 31.4 Å². The first-order chi connectivity index (χ1) is 12.8. The van der Waals surface area contributed by atoms with E-state index in [9.17, 15) is 14.4 Å². The molecule has 0 unspecified atom stereocenters. The Morgan fingerprint density at radius 3 is 2.56 bits per heavy atom. The van der Waals surface area contributed by atoms with E-state index in [1.807, 2.05) is 0 Å². The van der Waals surface area contributed by atoms with Crippen LogP contribution < -0.4 is 10.6 Å². The summed E-state index contributed by atoms with van der Waals surface area (Å²) >= 11 is 0. The van der Waals surface area contributed by atoms with E-state index in [-0.39, 0.29) is 23.8 Å². The highest BCUT2D eigenvalue weighted by Gasteiger charge is 2.53. The molecule has 1 aliphatic carbocycles. The highest BCUT2D eigenvalue weighted by atomic mass is 16.2. The van der Waals surface area contributed by atoms with Crippen molar-refractivity contribution >= 4 is 17.8 Å². The predicted octanol–water partition coefficient (Wildman–Crippen LogP) is 1.73. The number of carbonyl (C=O) groups is 3. The van der Waals surface area contributed by atoms with Gasteiger partial charge in [-0.3, -0.25) is 14.5 Å². The lowest BCUT2D eigenvalue weighted by atomic mass is 9.65. The second kappa shape index (κ2) is 7.78. The second-order valence-corrected chi connectivity index (χ2v) is 9.00. The van der Waals surface area contributed by atoms with Gasteiger partial charge in [-0.25, -0.2) is 4.79 Å². The fourth-order valence-corrected chi connectivity index (χ4v) is 4.67. The van der Waals surface area contributed by atoms with Crippen molar-refractivity contribution in [2.45, 2.75) is 64.8 Å². The number of hydrogen-bond donors (Lipinski definition) is 2. The van der Waals surface area contributed by atoms with Gasteiger partial charge in [0.25, 0.3) is 5.91 Å². The molecule has 0 aromatic carbocycles. The molecule has 2 saturated heterocycles. The molecule has 0 atom stereocenters. The maximum absolute atomic E-state index is 13.1. The molecule has 7 nitrogen and oxygen atoms in total. The number of urea groups is 1. The van der Waals surface area contributed by atoms with Crippen LogP contribution in [0.15, 0.2) is 0 Å². The lowest BCUT2D eigenvalue weighted by Gasteiger charge is -2.42. The maximum atomic E-state index is 13.1. The monoisotopic (exact) mass is 378 g/mol. The Morgan fingerprint density at radius 2 is 1.89 bits per heavy atom. The summed E-state index contributed by atoms with van der Waals surface area (Å²) in [5.41, 5.74) is -0.540. The smallest absolute Gasteiger partial charge is 0.325 e.